The summed E-state index contributed by atoms with van der Waals surface area (Å²) in [7, 11) is -3.50. The topological polar surface area (TPSA) is 110 Å². The molecule has 2 aromatic carbocycles. The average Bonchev–Trinajstić information content (AvgIpc) is 2.73. The molecule has 0 atom stereocenters. The molecule has 8 nitrogen and oxygen atoms in total. The lowest BCUT2D eigenvalue weighted by Crippen LogP contribution is -2.35. The van der Waals surface area contributed by atoms with Gasteiger partial charge in [0.1, 0.15) is 0 Å². The Kier molecular flexibility index (Phi) is 6.40. The molecular formula is C20H21N3O5S. The number of piperidine rings is 1. The molecule has 152 valence electrons. The maximum Gasteiger partial charge on any atom is 0.269 e. The zero-order chi connectivity index (χ0) is 20.9. The highest BCUT2D eigenvalue weighted by Gasteiger charge is 2.25. The van der Waals surface area contributed by atoms with Crippen molar-refractivity contribution in [3.8, 4) is 0 Å². The third-order valence-corrected chi connectivity index (χ3v) is 6.52. The van der Waals surface area contributed by atoms with Crippen LogP contribution in [-0.2, 0) is 14.8 Å². The van der Waals surface area contributed by atoms with Crippen molar-refractivity contribution in [2.24, 2.45) is 0 Å². The van der Waals surface area contributed by atoms with Gasteiger partial charge in [0.15, 0.2) is 0 Å². The first-order valence-corrected chi connectivity index (χ1v) is 10.6. The minimum absolute atomic E-state index is 0.0220. The van der Waals surface area contributed by atoms with E-state index in [2.05, 4.69) is 5.32 Å². The van der Waals surface area contributed by atoms with Gasteiger partial charge < -0.3 is 5.32 Å². The lowest BCUT2D eigenvalue weighted by molar-refractivity contribution is -0.384. The van der Waals surface area contributed by atoms with E-state index < -0.39 is 20.9 Å². The van der Waals surface area contributed by atoms with Gasteiger partial charge in [0.05, 0.1) is 9.82 Å². The highest BCUT2D eigenvalue weighted by atomic mass is 32.2. The monoisotopic (exact) mass is 415 g/mol. The highest BCUT2D eigenvalue weighted by Crippen LogP contribution is 2.22. The van der Waals surface area contributed by atoms with E-state index >= 15 is 0 Å². The standard InChI is InChI=1S/C20H21N3O5S/c24-20(13-6-16-4-9-18(10-5-16)23(25)26)21-17-7-11-19(12-8-17)29(27,28)22-14-2-1-3-15-22/h4-13H,1-3,14-15H2,(H,21,24). The Morgan fingerprint density at radius 1 is 1.00 bits per heavy atom. The van der Waals surface area contributed by atoms with Crippen molar-refractivity contribution < 1.29 is 18.1 Å². The van der Waals surface area contributed by atoms with Gasteiger partial charge in [-0.15, -0.1) is 0 Å². The predicted octanol–water partition coefficient (Wildman–Crippen LogP) is 3.42. The molecule has 1 heterocycles. The van der Waals surface area contributed by atoms with E-state index in [-0.39, 0.29) is 10.6 Å². The molecule has 0 spiro atoms. The molecule has 0 bridgehead atoms. The fourth-order valence-corrected chi connectivity index (χ4v) is 4.54. The number of nitro groups is 1. The summed E-state index contributed by atoms with van der Waals surface area (Å²) in [6.07, 6.45) is 5.63. The largest absolute Gasteiger partial charge is 0.323 e. The van der Waals surface area contributed by atoms with Crippen LogP contribution in [0.4, 0.5) is 11.4 Å². The molecule has 2 aromatic rings. The number of sulfonamides is 1. The van der Waals surface area contributed by atoms with Crippen LogP contribution in [0.5, 0.6) is 0 Å². The fraction of sp³-hybridized carbons (Fsp3) is 0.250. The Hall–Kier alpha value is -3.04. The van der Waals surface area contributed by atoms with Crippen molar-refractivity contribution in [2.45, 2.75) is 24.2 Å². The molecular weight excluding hydrogens is 394 g/mol. The summed E-state index contributed by atoms with van der Waals surface area (Å²) < 4.78 is 26.8. The molecule has 1 saturated heterocycles. The first-order chi connectivity index (χ1) is 13.9. The SMILES string of the molecule is O=C(C=Cc1ccc([N+](=O)[O-])cc1)Nc1ccc(S(=O)(=O)N2CCCCC2)cc1. The van der Waals surface area contributed by atoms with Gasteiger partial charge in [0.2, 0.25) is 15.9 Å². The number of non-ortho nitro benzene ring substituents is 1. The van der Waals surface area contributed by atoms with Crippen LogP contribution >= 0.6 is 0 Å². The molecule has 0 radical (unpaired) electrons. The van der Waals surface area contributed by atoms with Gasteiger partial charge in [-0.1, -0.05) is 6.42 Å². The van der Waals surface area contributed by atoms with Crippen LogP contribution in [0.3, 0.4) is 0 Å². The number of nitrogens with one attached hydrogen (secondary N) is 1. The summed E-state index contributed by atoms with van der Waals surface area (Å²) >= 11 is 0. The van der Waals surface area contributed by atoms with E-state index in [9.17, 15) is 23.3 Å². The van der Waals surface area contributed by atoms with E-state index in [0.29, 0.717) is 24.3 Å². The van der Waals surface area contributed by atoms with Gasteiger partial charge in [-0.2, -0.15) is 4.31 Å². The van der Waals surface area contributed by atoms with E-state index in [1.54, 1.807) is 24.3 Å². The zero-order valence-electron chi connectivity index (χ0n) is 15.7. The summed E-state index contributed by atoms with van der Waals surface area (Å²) in [5.74, 6) is -0.394. The number of benzene rings is 2. The number of nitro benzene ring substituents is 1. The predicted molar refractivity (Wildman–Crippen MR) is 110 cm³/mol. The second kappa shape index (κ2) is 8.97. The highest BCUT2D eigenvalue weighted by molar-refractivity contribution is 7.89. The Balaban J connectivity index is 1.61. The molecule has 3 rings (SSSR count). The summed E-state index contributed by atoms with van der Waals surface area (Å²) in [4.78, 5) is 22.4. The fourth-order valence-electron chi connectivity index (χ4n) is 3.03. The number of amides is 1. The van der Waals surface area contributed by atoms with Gasteiger partial charge >= 0.3 is 0 Å². The first kappa shape index (κ1) is 20.7. The average molecular weight is 415 g/mol. The van der Waals surface area contributed by atoms with Crippen molar-refractivity contribution in [1.82, 2.24) is 4.31 Å². The van der Waals surface area contributed by atoms with E-state index in [0.717, 1.165) is 19.3 Å². The Morgan fingerprint density at radius 3 is 2.21 bits per heavy atom. The lowest BCUT2D eigenvalue weighted by atomic mass is 10.2. The Morgan fingerprint density at radius 2 is 1.62 bits per heavy atom. The number of carbonyl (C=O) groups excluding carboxylic acids is 1. The summed E-state index contributed by atoms with van der Waals surface area (Å²) in [5, 5.41) is 13.3. The second-order valence-corrected chi connectivity index (χ2v) is 8.60. The molecule has 29 heavy (non-hydrogen) atoms. The van der Waals surface area contributed by atoms with Gasteiger partial charge in [-0.05, 0) is 60.9 Å². The summed E-state index contributed by atoms with van der Waals surface area (Å²) in [6, 6.07) is 11.9. The maximum absolute atomic E-state index is 12.6. The van der Waals surface area contributed by atoms with Crippen molar-refractivity contribution in [3.63, 3.8) is 0 Å². The number of carbonyl (C=O) groups is 1. The minimum Gasteiger partial charge on any atom is -0.323 e. The molecule has 1 aliphatic heterocycles. The summed E-state index contributed by atoms with van der Waals surface area (Å²) in [5.41, 5.74) is 1.10. The van der Waals surface area contributed by atoms with Crippen molar-refractivity contribution in [2.75, 3.05) is 18.4 Å². The number of rotatable bonds is 6. The molecule has 0 aliphatic carbocycles. The number of nitrogens with zero attached hydrogens (tertiary/aromatic N) is 2. The molecule has 1 N–H and O–H groups in total. The third-order valence-electron chi connectivity index (χ3n) is 4.61. The molecule has 9 heteroatoms. The Bertz CT molecular complexity index is 1010. The third kappa shape index (κ3) is 5.27. The van der Waals surface area contributed by atoms with Crippen LogP contribution in [0.2, 0.25) is 0 Å². The maximum atomic E-state index is 12.6. The molecule has 1 aliphatic rings. The van der Waals surface area contributed by atoms with Gasteiger partial charge in [0.25, 0.3) is 5.69 Å². The van der Waals surface area contributed by atoms with Crippen molar-refractivity contribution >= 4 is 33.4 Å². The number of anilines is 1. The number of hydrogen-bond acceptors (Lipinski definition) is 5. The van der Waals surface area contributed by atoms with Crippen LogP contribution in [0.1, 0.15) is 24.8 Å². The molecule has 0 saturated carbocycles. The number of hydrogen-bond donors (Lipinski definition) is 1. The smallest absolute Gasteiger partial charge is 0.269 e. The molecule has 0 aromatic heterocycles. The van der Waals surface area contributed by atoms with Gasteiger partial charge in [-0.3, -0.25) is 14.9 Å². The minimum atomic E-state index is -3.50. The van der Waals surface area contributed by atoms with Crippen LogP contribution in [0.25, 0.3) is 6.08 Å². The van der Waals surface area contributed by atoms with Crippen LogP contribution < -0.4 is 5.32 Å². The molecule has 1 fully saturated rings. The zero-order valence-corrected chi connectivity index (χ0v) is 16.5. The van der Waals surface area contributed by atoms with Gasteiger partial charge in [0, 0.05) is 37.0 Å². The lowest BCUT2D eigenvalue weighted by Gasteiger charge is -2.25. The van der Waals surface area contributed by atoms with Crippen molar-refractivity contribution in [1.29, 1.82) is 0 Å². The quantitative estimate of drug-likeness (QED) is 0.442. The van der Waals surface area contributed by atoms with E-state index in [1.165, 1.54) is 40.7 Å². The van der Waals surface area contributed by atoms with Crippen LogP contribution in [0, 0.1) is 10.1 Å². The van der Waals surface area contributed by atoms with Crippen LogP contribution in [-0.4, -0.2) is 36.6 Å². The van der Waals surface area contributed by atoms with Gasteiger partial charge in [-0.25, -0.2) is 8.42 Å². The van der Waals surface area contributed by atoms with Crippen LogP contribution in [0.15, 0.2) is 59.5 Å². The second-order valence-electron chi connectivity index (χ2n) is 6.66. The molecule has 0 unspecified atom stereocenters. The Labute approximate surface area is 169 Å². The van der Waals surface area contributed by atoms with E-state index in [4.69, 9.17) is 0 Å². The van der Waals surface area contributed by atoms with E-state index in [1.807, 2.05) is 0 Å². The van der Waals surface area contributed by atoms with Crippen molar-refractivity contribution in [3.05, 3.63) is 70.3 Å². The first-order valence-electron chi connectivity index (χ1n) is 9.20. The summed E-state index contributed by atoms with van der Waals surface area (Å²) in [6.45, 7) is 1.07. The molecule has 1 amide bonds. The normalized spacial score (nSPS) is 15.3.